The molecule has 1 fully saturated rings. The second-order valence-corrected chi connectivity index (χ2v) is 5.53. The molecule has 1 unspecified atom stereocenters. The zero-order valence-corrected chi connectivity index (χ0v) is 10.1. The largest absolute Gasteiger partial charge is 0.368 e. The first-order chi connectivity index (χ1) is 7.29. The van der Waals surface area contributed by atoms with E-state index in [1.54, 1.807) is 11.3 Å². The first kappa shape index (κ1) is 11.1. The summed E-state index contributed by atoms with van der Waals surface area (Å²) >= 11 is 1.80. The van der Waals surface area contributed by atoms with Gasteiger partial charge < -0.3 is 10.5 Å². The van der Waals surface area contributed by atoms with Crippen molar-refractivity contribution in [1.82, 2.24) is 0 Å². The molecule has 1 aliphatic rings. The Kier molecular flexibility index (Phi) is 3.78. The zero-order valence-electron chi connectivity index (χ0n) is 9.24. The lowest BCUT2D eigenvalue weighted by molar-refractivity contribution is -0.00248. The van der Waals surface area contributed by atoms with Gasteiger partial charge in [-0.15, -0.1) is 11.3 Å². The van der Waals surface area contributed by atoms with Gasteiger partial charge in [-0.25, -0.2) is 0 Å². The second-order valence-electron chi connectivity index (χ2n) is 4.22. The zero-order chi connectivity index (χ0) is 10.7. The molecule has 0 aromatic carbocycles. The Labute approximate surface area is 95.4 Å². The Hall–Kier alpha value is -0.380. The monoisotopic (exact) mass is 225 g/mol. The number of hydrogen-bond acceptors (Lipinski definition) is 3. The summed E-state index contributed by atoms with van der Waals surface area (Å²) in [6, 6.07) is 4.28. The molecule has 1 atom stereocenters. The molecule has 3 heteroatoms. The van der Waals surface area contributed by atoms with Crippen LogP contribution in [0.3, 0.4) is 0 Å². The third-order valence-corrected chi connectivity index (χ3v) is 4.04. The van der Waals surface area contributed by atoms with Crippen LogP contribution >= 0.6 is 11.3 Å². The van der Waals surface area contributed by atoms with Gasteiger partial charge in [-0.1, -0.05) is 12.8 Å². The van der Waals surface area contributed by atoms with E-state index in [1.165, 1.54) is 35.4 Å². The first-order valence-electron chi connectivity index (χ1n) is 5.71. The lowest BCUT2D eigenvalue weighted by Gasteiger charge is -2.19. The summed E-state index contributed by atoms with van der Waals surface area (Å²) in [6.45, 7) is 2.72. The molecule has 1 aliphatic carbocycles. The summed E-state index contributed by atoms with van der Waals surface area (Å²) in [7, 11) is 0. The Bertz CT molecular complexity index is 304. The Morgan fingerprint density at radius 2 is 2.20 bits per heavy atom. The topological polar surface area (TPSA) is 35.2 Å². The molecule has 15 heavy (non-hydrogen) atoms. The molecule has 0 radical (unpaired) electrons. The van der Waals surface area contributed by atoms with Crippen molar-refractivity contribution in [2.45, 2.75) is 44.8 Å². The molecule has 0 bridgehead atoms. The molecular formula is C12H19NOS. The van der Waals surface area contributed by atoms with Crippen LogP contribution < -0.4 is 5.73 Å². The number of nitrogens with two attached hydrogens (primary N) is 1. The quantitative estimate of drug-likeness (QED) is 0.855. The molecule has 0 saturated heterocycles. The fraction of sp³-hybridized carbons (Fsp3) is 0.667. The van der Waals surface area contributed by atoms with Crippen molar-refractivity contribution in [2.75, 3.05) is 6.54 Å². The van der Waals surface area contributed by atoms with Gasteiger partial charge >= 0.3 is 0 Å². The Morgan fingerprint density at radius 3 is 2.73 bits per heavy atom. The van der Waals surface area contributed by atoms with Gasteiger partial charge in [0.25, 0.3) is 0 Å². The predicted octanol–water partition coefficient (Wildman–Crippen LogP) is 3.02. The molecular weight excluding hydrogens is 206 g/mol. The highest BCUT2D eigenvalue weighted by atomic mass is 32.1. The standard InChI is InChI=1S/C12H19NOS/c1-9-6-7-12(15-9)11(8-13)14-10-4-2-3-5-10/h6-7,10-11H,2-5,8,13H2,1H3. The summed E-state index contributed by atoms with van der Waals surface area (Å²) in [5.74, 6) is 0. The van der Waals surface area contributed by atoms with Crippen molar-refractivity contribution < 1.29 is 4.74 Å². The van der Waals surface area contributed by atoms with E-state index in [9.17, 15) is 0 Å². The lowest BCUT2D eigenvalue weighted by atomic mass is 10.2. The molecule has 1 aromatic heterocycles. The van der Waals surface area contributed by atoms with E-state index in [0.29, 0.717) is 12.6 Å². The molecule has 0 aliphatic heterocycles. The third-order valence-electron chi connectivity index (χ3n) is 2.95. The number of thiophene rings is 1. The molecule has 0 spiro atoms. The third kappa shape index (κ3) is 2.80. The van der Waals surface area contributed by atoms with Crippen molar-refractivity contribution in [3.63, 3.8) is 0 Å². The molecule has 1 aromatic rings. The fourth-order valence-corrected chi connectivity index (χ4v) is 3.05. The van der Waals surface area contributed by atoms with Gasteiger partial charge in [-0.05, 0) is 31.9 Å². The lowest BCUT2D eigenvalue weighted by Crippen LogP contribution is -2.20. The van der Waals surface area contributed by atoms with E-state index in [1.807, 2.05) is 0 Å². The van der Waals surface area contributed by atoms with Crippen molar-refractivity contribution in [1.29, 1.82) is 0 Å². The minimum atomic E-state index is 0.117. The molecule has 2 rings (SSSR count). The van der Waals surface area contributed by atoms with E-state index < -0.39 is 0 Å². The number of ether oxygens (including phenoxy) is 1. The van der Waals surface area contributed by atoms with Crippen LogP contribution in [0.25, 0.3) is 0 Å². The van der Waals surface area contributed by atoms with Crippen LogP contribution in [0.5, 0.6) is 0 Å². The molecule has 1 saturated carbocycles. The highest BCUT2D eigenvalue weighted by Crippen LogP contribution is 2.30. The highest BCUT2D eigenvalue weighted by Gasteiger charge is 2.21. The summed E-state index contributed by atoms with van der Waals surface area (Å²) in [5.41, 5.74) is 5.77. The van der Waals surface area contributed by atoms with Crippen LogP contribution in [0.15, 0.2) is 12.1 Å². The van der Waals surface area contributed by atoms with Crippen molar-refractivity contribution in [3.05, 3.63) is 21.9 Å². The smallest absolute Gasteiger partial charge is 0.104 e. The summed E-state index contributed by atoms with van der Waals surface area (Å²) in [4.78, 5) is 2.61. The van der Waals surface area contributed by atoms with Crippen LogP contribution in [-0.4, -0.2) is 12.6 Å². The molecule has 0 amide bonds. The maximum atomic E-state index is 6.05. The van der Waals surface area contributed by atoms with Crippen LogP contribution in [-0.2, 0) is 4.74 Å². The van der Waals surface area contributed by atoms with Gasteiger partial charge in [0.15, 0.2) is 0 Å². The Balaban J connectivity index is 1.97. The second kappa shape index (κ2) is 5.10. The maximum absolute atomic E-state index is 6.05. The SMILES string of the molecule is Cc1ccc(C(CN)OC2CCCC2)s1. The van der Waals surface area contributed by atoms with E-state index in [-0.39, 0.29) is 6.10 Å². The van der Waals surface area contributed by atoms with Crippen molar-refractivity contribution in [3.8, 4) is 0 Å². The number of aryl methyl sites for hydroxylation is 1. The maximum Gasteiger partial charge on any atom is 0.104 e. The normalized spacial score (nSPS) is 19.6. The van der Waals surface area contributed by atoms with Gasteiger partial charge in [0.1, 0.15) is 6.10 Å². The molecule has 84 valence electrons. The van der Waals surface area contributed by atoms with Gasteiger partial charge in [0.05, 0.1) is 6.10 Å². The van der Waals surface area contributed by atoms with E-state index in [4.69, 9.17) is 10.5 Å². The van der Waals surface area contributed by atoms with E-state index in [0.717, 1.165) is 0 Å². The Morgan fingerprint density at radius 1 is 1.47 bits per heavy atom. The predicted molar refractivity (Wildman–Crippen MR) is 64.2 cm³/mol. The molecule has 2 N–H and O–H groups in total. The average Bonchev–Trinajstić information content (AvgIpc) is 2.85. The minimum Gasteiger partial charge on any atom is -0.368 e. The van der Waals surface area contributed by atoms with Crippen LogP contribution in [0, 0.1) is 6.92 Å². The van der Waals surface area contributed by atoms with Gasteiger partial charge in [0, 0.05) is 16.3 Å². The highest BCUT2D eigenvalue weighted by molar-refractivity contribution is 7.12. The van der Waals surface area contributed by atoms with Crippen LogP contribution in [0.1, 0.15) is 41.5 Å². The first-order valence-corrected chi connectivity index (χ1v) is 6.53. The molecule has 2 nitrogen and oxygen atoms in total. The van der Waals surface area contributed by atoms with E-state index in [2.05, 4.69) is 19.1 Å². The average molecular weight is 225 g/mol. The summed E-state index contributed by atoms with van der Waals surface area (Å²) in [5, 5.41) is 0. The van der Waals surface area contributed by atoms with Crippen molar-refractivity contribution >= 4 is 11.3 Å². The molecule has 1 heterocycles. The summed E-state index contributed by atoms with van der Waals surface area (Å²) in [6.07, 6.45) is 5.60. The van der Waals surface area contributed by atoms with E-state index >= 15 is 0 Å². The number of hydrogen-bond donors (Lipinski definition) is 1. The number of rotatable bonds is 4. The van der Waals surface area contributed by atoms with Gasteiger partial charge in [-0.3, -0.25) is 0 Å². The minimum absolute atomic E-state index is 0.117. The summed E-state index contributed by atoms with van der Waals surface area (Å²) < 4.78 is 6.05. The van der Waals surface area contributed by atoms with Crippen LogP contribution in [0.4, 0.5) is 0 Å². The fourth-order valence-electron chi connectivity index (χ4n) is 2.12. The van der Waals surface area contributed by atoms with Gasteiger partial charge in [-0.2, -0.15) is 0 Å². The van der Waals surface area contributed by atoms with Crippen molar-refractivity contribution in [2.24, 2.45) is 5.73 Å². The van der Waals surface area contributed by atoms with Crippen LogP contribution in [0.2, 0.25) is 0 Å². The van der Waals surface area contributed by atoms with Gasteiger partial charge in [0.2, 0.25) is 0 Å².